The first-order valence-corrected chi connectivity index (χ1v) is 7.56. The Morgan fingerprint density at radius 1 is 1.30 bits per heavy atom. The molecular weight excluding hydrogens is 292 g/mol. The molecule has 0 aliphatic rings. The molecule has 23 heavy (non-hydrogen) atoms. The predicted octanol–water partition coefficient (Wildman–Crippen LogP) is 3.84. The van der Waals surface area contributed by atoms with Crippen molar-refractivity contribution in [2.45, 2.75) is 32.8 Å². The predicted molar refractivity (Wildman–Crippen MR) is 91.8 cm³/mol. The first-order valence-electron chi connectivity index (χ1n) is 7.56. The van der Waals surface area contributed by atoms with Gasteiger partial charge in [0.2, 0.25) is 0 Å². The Kier molecular flexibility index (Phi) is 5.40. The average molecular weight is 314 g/mol. The third-order valence-electron chi connectivity index (χ3n) is 3.24. The Hall–Kier alpha value is -2.33. The lowest BCUT2D eigenvalue weighted by Gasteiger charge is -2.10. The standard InChI is InChI=1S/C19H22O4/c1-14(5-4-11-19(2,3)21)10-12-22-16-8-6-15-7-9-18(20)23-17(15)13-16/h4,6-11,13,21H,5,12H2,1-3H3/b11-4?,14-10+. The van der Waals surface area contributed by atoms with E-state index in [-0.39, 0.29) is 5.63 Å². The molecule has 2 rings (SSSR count). The van der Waals surface area contributed by atoms with Crippen molar-refractivity contribution in [2.75, 3.05) is 6.61 Å². The number of hydrogen-bond acceptors (Lipinski definition) is 4. The zero-order chi connectivity index (χ0) is 16.9. The molecule has 0 fully saturated rings. The molecule has 4 nitrogen and oxygen atoms in total. The van der Waals surface area contributed by atoms with Crippen LogP contribution >= 0.6 is 0 Å². The van der Waals surface area contributed by atoms with E-state index < -0.39 is 5.60 Å². The minimum absolute atomic E-state index is 0.371. The van der Waals surface area contributed by atoms with E-state index in [9.17, 15) is 9.90 Å². The summed E-state index contributed by atoms with van der Waals surface area (Å²) in [5.74, 6) is 0.655. The van der Waals surface area contributed by atoms with Crippen LogP contribution in [0.15, 0.2) is 63.3 Å². The molecule has 0 saturated heterocycles. The quantitative estimate of drug-likeness (QED) is 0.650. The Labute approximate surface area is 135 Å². The first-order chi connectivity index (χ1) is 10.8. The van der Waals surface area contributed by atoms with Gasteiger partial charge < -0.3 is 14.3 Å². The fraction of sp³-hybridized carbons (Fsp3) is 0.316. The van der Waals surface area contributed by atoms with Crippen LogP contribution in [0.25, 0.3) is 11.0 Å². The Morgan fingerprint density at radius 3 is 2.78 bits per heavy atom. The molecule has 0 unspecified atom stereocenters. The van der Waals surface area contributed by atoms with Crippen LogP contribution < -0.4 is 10.4 Å². The van der Waals surface area contributed by atoms with Crippen molar-refractivity contribution in [3.05, 3.63) is 64.6 Å². The van der Waals surface area contributed by atoms with E-state index in [0.717, 1.165) is 17.4 Å². The van der Waals surface area contributed by atoms with Crippen LogP contribution in [0, 0.1) is 0 Å². The van der Waals surface area contributed by atoms with E-state index in [1.165, 1.54) is 6.07 Å². The van der Waals surface area contributed by atoms with Gasteiger partial charge in [0.15, 0.2) is 0 Å². The van der Waals surface area contributed by atoms with Crippen LogP contribution in [0.4, 0.5) is 0 Å². The molecule has 2 aromatic rings. The molecule has 1 heterocycles. The van der Waals surface area contributed by atoms with Gasteiger partial charge in [-0.25, -0.2) is 4.79 Å². The molecule has 122 valence electrons. The van der Waals surface area contributed by atoms with Gasteiger partial charge in [0.25, 0.3) is 0 Å². The summed E-state index contributed by atoms with van der Waals surface area (Å²) in [6, 6.07) is 8.55. The highest BCUT2D eigenvalue weighted by Gasteiger charge is 2.05. The summed E-state index contributed by atoms with van der Waals surface area (Å²) in [4.78, 5) is 11.2. The zero-order valence-electron chi connectivity index (χ0n) is 13.7. The molecule has 0 amide bonds. The van der Waals surface area contributed by atoms with Crippen molar-refractivity contribution in [1.82, 2.24) is 0 Å². The second-order valence-electron chi connectivity index (χ2n) is 6.08. The highest BCUT2D eigenvalue weighted by molar-refractivity contribution is 5.77. The number of allylic oxidation sites excluding steroid dienone is 2. The molecule has 0 spiro atoms. The SMILES string of the molecule is C/C(=C\COc1ccc2ccc(=O)oc2c1)CC=CC(C)(C)O. The molecule has 0 saturated carbocycles. The number of hydrogen-bond donors (Lipinski definition) is 1. The normalized spacial score (nSPS) is 13.0. The van der Waals surface area contributed by atoms with Crippen LogP contribution in [0.2, 0.25) is 0 Å². The van der Waals surface area contributed by atoms with Gasteiger partial charge in [-0.1, -0.05) is 17.7 Å². The molecule has 4 heteroatoms. The lowest BCUT2D eigenvalue weighted by Crippen LogP contribution is -2.13. The number of benzene rings is 1. The maximum atomic E-state index is 11.2. The lowest BCUT2D eigenvalue weighted by molar-refractivity contribution is 0.133. The van der Waals surface area contributed by atoms with Gasteiger partial charge >= 0.3 is 5.63 Å². The fourth-order valence-electron chi connectivity index (χ4n) is 2.03. The number of aliphatic hydroxyl groups is 1. The molecule has 1 aromatic carbocycles. The summed E-state index contributed by atoms with van der Waals surface area (Å²) >= 11 is 0. The largest absolute Gasteiger partial charge is 0.489 e. The van der Waals surface area contributed by atoms with E-state index in [0.29, 0.717) is 17.9 Å². The first kappa shape index (κ1) is 17.0. The zero-order valence-corrected chi connectivity index (χ0v) is 13.7. The maximum absolute atomic E-state index is 11.2. The van der Waals surface area contributed by atoms with Crippen LogP contribution in [-0.2, 0) is 0 Å². The monoisotopic (exact) mass is 314 g/mol. The number of rotatable bonds is 6. The van der Waals surface area contributed by atoms with Gasteiger partial charge in [-0.3, -0.25) is 0 Å². The minimum Gasteiger partial charge on any atom is -0.489 e. The smallest absolute Gasteiger partial charge is 0.336 e. The molecule has 1 N–H and O–H groups in total. The molecule has 0 aliphatic heterocycles. The minimum atomic E-state index is -0.786. The highest BCUT2D eigenvalue weighted by atomic mass is 16.5. The Morgan fingerprint density at radius 2 is 2.04 bits per heavy atom. The molecule has 0 radical (unpaired) electrons. The van der Waals surface area contributed by atoms with Crippen LogP contribution in [0.3, 0.4) is 0 Å². The van der Waals surface area contributed by atoms with Crippen molar-refractivity contribution >= 4 is 11.0 Å². The van der Waals surface area contributed by atoms with Crippen molar-refractivity contribution < 1.29 is 14.3 Å². The van der Waals surface area contributed by atoms with Gasteiger partial charge in [-0.2, -0.15) is 0 Å². The summed E-state index contributed by atoms with van der Waals surface area (Å²) < 4.78 is 10.8. The van der Waals surface area contributed by atoms with Crippen LogP contribution in [-0.4, -0.2) is 17.3 Å². The topological polar surface area (TPSA) is 59.7 Å². The van der Waals surface area contributed by atoms with Crippen molar-refractivity contribution in [1.29, 1.82) is 0 Å². The summed E-state index contributed by atoms with van der Waals surface area (Å²) in [5, 5.41) is 10.5. The second-order valence-corrected chi connectivity index (χ2v) is 6.08. The van der Waals surface area contributed by atoms with Gasteiger partial charge in [0.05, 0.1) is 5.60 Å². The summed E-state index contributed by atoms with van der Waals surface area (Å²) in [6.45, 7) is 5.93. The molecule has 0 bridgehead atoms. The van der Waals surface area contributed by atoms with E-state index in [2.05, 4.69) is 0 Å². The Balaban J connectivity index is 1.94. The molecular formula is C19H22O4. The van der Waals surface area contributed by atoms with E-state index in [4.69, 9.17) is 9.15 Å². The summed E-state index contributed by atoms with van der Waals surface area (Å²) in [7, 11) is 0. The number of fused-ring (bicyclic) bond motifs is 1. The van der Waals surface area contributed by atoms with E-state index in [1.54, 1.807) is 32.1 Å². The van der Waals surface area contributed by atoms with Crippen LogP contribution in [0.1, 0.15) is 27.2 Å². The highest BCUT2D eigenvalue weighted by Crippen LogP contribution is 2.19. The number of ether oxygens (including phenoxy) is 1. The van der Waals surface area contributed by atoms with E-state index in [1.807, 2.05) is 31.2 Å². The second kappa shape index (κ2) is 7.29. The molecule has 1 aromatic heterocycles. The Bertz CT molecular complexity index is 776. The van der Waals surface area contributed by atoms with Gasteiger partial charge in [-0.05, 0) is 51.5 Å². The fourth-order valence-corrected chi connectivity index (χ4v) is 2.03. The third-order valence-corrected chi connectivity index (χ3v) is 3.24. The maximum Gasteiger partial charge on any atom is 0.336 e. The lowest BCUT2D eigenvalue weighted by atomic mass is 10.1. The van der Waals surface area contributed by atoms with Crippen molar-refractivity contribution in [3.8, 4) is 5.75 Å². The third kappa shape index (κ3) is 5.75. The van der Waals surface area contributed by atoms with Gasteiger partial charge in [0.1, 0.15) is 17.9 Å². The van der Waals surface area contributed by atoms with Crippen molar-refractivity contribution in [2.24, 2.45) is 0 Å². The van der Waals surface area contributed by atoms with E-state index >= 15 is 0 Å². The molecule has 0 aliphatic carbocycles. The molecule has 0 atom stereocenters. The summed E-state index contributed by atoms with van der Waals surface area (Å²) in [6.07, 6.45) is 6.47. The average Bonchev–Trinajstić information content (AvgIpc) is 2.45. The van der Waals surface area contributed by atoms with Crippen LogP contribution in [0.5, 0.6) is 5.75 Å². The summed E-state index contributed by atoms with van der Waals surface area (Å²) in [5.41, 5.74) is 0.511. The van der Waals surface area contributed by atoms with Gasteiger partial charge in [0, 0.05) is 17.5 Å². The van der Waals surface area contributed by atoms with Crippen molar-refractivity contribution in [3.63, 3.8) is 0 Å². The van der Waals surface area contributed by atoms with Gasteiger partial charge in [-0.15, -0.1) is 0 Å².